The molecule has 0 saturated carbocycles. The average molecular weight is 542 g/mol. The minimum atomic E-state index is -0.456. The van der Waals surface area contributed by atoms with Crippen LogP contribution < -0.4 is 5.32 Å². The SMILES string of the molecule is CC1=C(C(=O)OCCc2ccccc2)[C@H](c2ccc(Br)cc2)C2=C(C[C@H](c3ccccc3)CC2=O)N1. The molecule has 1 N–H and O–H groups in total. The van der Waals surface area contributed by atoms with Crippen molar-refractivity contribution in [3.8, 4) is 0 Å². The summed E-state index contributed by atoms with van der Waals surface area (Å²) < 4.78 is 6.70. The van der Waals surface area contributed by atoms with E-state index in [1.54, 1.807) is 0 Å². The zero-order valence-electron chi connectivity index (χ0n) is 20.2. The van der Waals surface area contributed by atoms with Gasteiger partial charge in [-0.1, -0.05) is 88.7 Å². The second-order valence-corrected chi connectivity index (χ2v) is 10.3. The summed E-state index contributed by atoms with van der Waals surface area (Å²) in [5.41, 5.74) is 6.03. The van der Waals surface area contributed by atoms with E-state index in [2.05, 4.69) is 33.4 Å². The van der Waals surface area contributed by atoms with Crippen LogP contribution in [0, 0.1) is 0 Å². The molecule has 0 unspecified atom stereocenters. The molecule has 1 aliphatic carbocycles. The van der Waals surface area contributed by atoms with Gasteiger partial charge in [-0.25, -0.2) is 4.79 Å². The van der Waals surface area contributed by atoms with Crippen molar-refractivity contribution in [1.82, 2.24) is 5.32 Å². The fourth-order valence-electron chi connectivity index (χ4n) is 5.24. The number of ketones is 1. The number of allylic oxidation sites excluding steroid dienone is 3. The molecular weight excluding hydrogens is 514 g/mol. The summed E-state index contributed by atoms with van der Waals surface area (Å²) in [7, 11) is 0. The molecule has 0 spiro atoms. The number of carbonyl (C=O) groups excluding carboxylic acids is 2. The van der Waals surface area contributed by atoms with Crippen LogP contribution in [0.4, 0.5) is 0 Å². The van der Waals surface area contributed by atoms with E-state index in [4.69, 9.17) is 4.74 Å². The standard InChI is InChI=1S/C31H28BrNO3/c1-20-28(31(35)36-17-16-21-8-4-2-5-9-21)29(23-12-14-25(32)15-13-23)30-26(33-20)18-24(19-27(30)34)22-10-6-3-7-11-22/h2-15,24,29,33H,16-19H2,1H3/t24-,29-/m0/s1. The molecule has 0 radical (unpaired) electrons. The fourth-order valence-corrected chi connectivity index (χ4v) is 5.51. The van der Waals surface area contributed by atoms with Crippen LogP contribution in [-0.2, 0) is 20.7 Å². The number of benzene rings is 3. The number of hydrogen-bond donors (Lipinski definition) is 1. The lowest BCUT2D eigenvalue weighted by atomic mass is 9.72. The van der Waals surface area contributed by atoms with Crippen molar-refractivity contribution in [3.63, 3.8) is 0 Å². The number of rotatable bonds is 6. The number of hydrogen-bond acceptors (Lipinski definition) is 4. The van der Waals surface area contributed by atoms with Gasteiger partial charge in [0.05, 0.1) is 12.2 Å². The largest absolute Gasteiger partial charge is 0.462 e. The highest BCUT2D eigenvalue weighted by Gasteiger charge is 2.41. The summed E-state index contributed by atoms with van der Waals surface area (Å²) in [6, 6.07) is 28.0. The van der Waals surface area contributed by atoms with E-state index in [0.29, 0.717) is 24.0 Å². The van der Waals surface area contributed by atoms with Crippen LogP contribution in [0.2, 0.25) is 0 Å². The van der Waals surface area contributed by atoms with Gasteiger partial charge >= 0.3 is 5.97 Å². The lowest BCUT2D eigenvalue weighted by Crippen LogP contribution is -2.36. The number of esters is 1. The van der Waals surface area contributed by atoms with E-state index in [1.165, 1.54) is 0 Å². The van der Waals surface area contributed by atoms with Gasteiger partial charge in [-0.05, 0) is 48.1 Å². The first kappa shape index (κ1) is 24.3. The molecule has 182 valence electrons. The Hall–Kier alpha value is -3.44. The van der Waals surface area contributed by atoms with E-state index in [1.807, 2.05) is 79.7 Å². The topological polar surface area (TPSA) is 55.4 Å². The first-order chi connectivity index (χ1) is 17.5. The highest BCUT2D eigenvalue weighted by Crippen LogP contribution is 2.45. The maximum absolute atomic E-state index is 13.7. The van der Waals surface area contributed by atoms with Gasteiger partial charge in [0.1, 0.15) is 0 Å². The van der Waals surface area contributed by atoms with Crippen LogP contribution in [0.3, 0.4) is 0 Å². The van der Waals surface area contributed by atoms with Gasteiger partial charge in [0.25, 0.3) is 0 Å². The Morgan fingerprint density at radius 3 is 2.28 bits per heavy atom. The summed E-state index contributed by atoms with van der Waals surface area (Å²) >= 11 is 3.50. The number of nitrogens with one attached hydrogen (secondary N) is 1. The Morgan fingerprint density at radius 2 is 1.58 bits per heavy atom. The van der Waals surface area contributed by atoms with Gasteiger partial charge in [0, 0.05) is 40.2 Å². The van der Waals surface area contributed by atoms with E-state index in [9.17, 15) is 9.59 Å². The zero-order valence-corrected chi connectivity index (χ0v) is 21.8. The number of Topliss-reactive ketones (excluding diaryl/α,β-unsaturated/α-hetero) is 1. The molecule has 0 bridgehead atoms. The minimum absolute atomic E-state index is 0.0765. The second-order valence-electron chi connectivity index (χ2n) is 9.35. The first-order valence-corrected chi connectivity index (χ1v) is 13.1. The quantitative estimate of drug-likeness (QED) is 0.357. The summed E-state index contributed by atoms with van der Waals surface area (Å²) in [6.07, 6.45) is 1.79. The third-order valence-corrected chi connectivity index (χ3v) is 7.52. The van der Waals surface area contributed by atoms with Crippen molar-refractivity contribution in [2.75, 3.05) is 6.61 Å². The molecule has 3 aromatic carbocycles. The van der Waals surface area contributed by atoms with Crippen molar-refractivity contribution in [1.29, 1.82) is 0 Å². The summed E-state index contributed by atoms with van der Waals surface area (Å²) in [6.45, 7) is 2.18. The minimum Gasteiger partial charge on any atom is -0.462 e. The number of dihydropyridines is 1. The molecule has 0 amide bonds. The Bertz CT molecular complexity index is 1330. The lowest BCUT2D eigenvalue weighted by Gasteiger charge is -2.36. The molecule has 36 heavy (non-hydrogen) atoms. The van der Waals surface area contributed by atoms with Crippen LogP contribution in [-0.4, -0.2) is 18.4 Å². The monoisotopic (exact) mass is 541 g/mol. The number of halogens is 1. The Kier molecular flexibility index (Phi) is 7.19. The number of carbonyl (C=O) groups is 2. The van der Waals surface area contributed by atoms with Crippen LogP contribution in [0.1, 0.15) is 48.3 Å². The van der Waals surface area contributed by atoms with E-state index in [0.717, 1.165) is 39.0 Å². The molecule has 2 atom stereocenters. The molecule has 4 nitrogen and oxygen atoms in total. The predicted octanol–water partition coefficient (Wildman–Crippen LogP) is 6.60. The highest BCUT2D eigenvalue weighted by atomic mass is 79.9. The van der Waals surface area contributed by atoms with E-state index >= 15 is 0 Å². The van der Waals surface area contributed by atoms with Crippen LogP contribution in [0.25, 0.3) is 0 Å². The molecule has 0 aromatic heterocycles. The second kappa shape index (κ2) is 10.7. The van der Waals surface area contributed by atoms with Crippen molar-refractivity contribution in [2.45, 2.75) is 38.0 Å². The zero-order chi connectivity index (χ0) is 25.1. The first-order valence-electron chi connectivity index (χ1n) is 12.3. The highest BCUT2D eigenvalue weighted by molar-refractivity contribution is 9.10. The van der Waals surface area contributed by atoms with Gasteiger partial charge in [0.2, 0.25) is 0 Å². The molecular formula is C31H28BrNO3. The molecule has 5 rings (SSSR count). The van der Waals surface area contributed by atoms with Gasteiger partial charge in [0.15, 0.2) is 5.78 Å². The molecule has 3 aromatic rings. The van der Waals surface area contributed by atoms with Crippen molar-refractivity contribution in [2.24, 2.45) is 0 Å². The number of ether oxygens (including phenoxy) is 1. The fraction of sp³-hybridized carbons (Fsp3) is 0.226. The van der Waals surface area contributed by atoms with Crippen molar-refractivity contribution < 1.29 is 14.3 Å². The summed E-state index contributed by atoms with van der Waals surface area (Å²) in [4.78, 5) is 27.1. The molecule has 0 saturated heterocycles. The molecule has 0 fully saturated rings. The summed E-state index contributed by atoms with van der Waals surface area (Å²) in [5.74, 6) is -0.647. The average Bonchev–Trinajstić information content (AvgIpc) is 2.89. The van der Waals surface area contributed by atoms with Gasteiger partial charge in [-0.2, -0.15) is 0 Å². The molecule has 1 aliphatic heterocycles. The van der Waals surface area contributed by atoms with Gasteiger partial charge in [-0.15, -0.1) is 0 Å². The Balaban J connectivity index is 1.46. The Labute approximate surface area is 220 Å². The van der Waals surface area contributed by atoms with Crippen LogP contribution in [0.15, 0.2) is 112 Å². The molecule has 1 heterocycles. The molecule has 5 heteroatoms. The van der Waals surface area contributed by atoms with Crippen molar-refractivity contribution in [3.05, 3.63) is 129 Å². The van der Waals surface area contributed by atoms with E-state index in [-0.39, 0.29) is 24.3 Å². The maximum Gasteiger partial charge on any atom is 0.336 e. The van der Waals surface area contributed by atoms with Gasteiger partial charge < -0.3 is 10.1 Å². The smallest absolute Gasteiger partial charge is 0.336 e. The van der Waals surface area contributed by atoms with Crippen molar-refractivity contribution >= 4 is 27.7 Å². The third-order valence-electron chi connectivity index (χ3n) is 6.99. The van der Waals surface area contributed by atoms with Gasteiger partial charge in [-0.3, -0.25) is 4.79 Å². The third kappa shape index (κ3) is 5.07. The Morgan fingerprint density at radius 1 is 0.917 bits per heavy atom. The molecule has 2 aliphatic rings. The summed E-state index contributed by atoms with van der Waals surface area (Å²) in [5, 5.41) is 3.43. The van der Waals surface area contributed by atoms with E-state index < -0.39 is 5.92 Å². The van der Waals surface area contributed by atoms with Crippen LogP contribution >= 0.6 is 15.9 Å². The van der Waals surface area contributed by atoms with Crippen LogP contribution in [0.5, 0.6) is 0 Å². The maximum atomic E-state index is 13.7. The predicted molar refractivity (Wildman–Crippen MR) is 144 cm³/mol. The normalized spacial score (nSPS) is 19.6. The lowest BCUT2D eigenvalue weighted by molar-refractivity contribution is -0.139.